The second-order valence-corrected chi connectivity index (χ2v) is 3.10. The van der Waals surface area contributed by atoms with Crippen LogP contribution in [0.5, 0.6) is 0 Å². The Morgan fingerprint density at radius 2 is 2.08 bits per heavy atom. The summed E-state index contributed by atoms with van der Waals surface area (Å²) in [7, 11) is 0. The van der Waals surface area contributed by atoms with Crippen LogP contribution in [0.1, 0.15) is 19.8 Å². The van der Waals surface area contributed by atoms with E-state index in [2.05, 4.69) is 0 Å². The molecule has 0 spiro atoms. The molecule has 5 heteroatoms. The zero-order valence-electron chi connectivity index (χ0n) is 6.98. The number of carbonyl (C=O) groups excluding carboxylic acids is 1. The second-order valence-electron chi connectivity index (χ2n) is 3.10. The predicted molar refractivity (Wildman–Crippen MR) is 39.0 cm³/mol. The lowest BCUT2D eigenvalue weighted by Crippen LogP contribution is -2.12. The van der Waals surface area contributed by atoms with E-state index in [1.165, 1.54) is 6.92 Å². The number of hydrogen-bond acceptors (Lipinski definition) is 2. The van der Waals surface area contributed by atoms with Crippen LogP contribution in [0.2, 0.25) is 0 Å². The molecule has 2 nitrogen and oxygen atoms in total. The van der Waals surface area contributed by atoms with Crippen LogP contribution in [0.25, 0.3) is 0 Å². The number of hydrogen-bond donors (Lipinski definition) is 1. The molecule has 74 valence electrons. The van der Waals surface area contributed by atoms with Gasteiger partial charge in [-0.25, -0.2) is 0 Å². The molecule has 0 radical (unpaired) electrons. The summed E-state index contributed by atoms with van der Waals surface area (Å²) in [6, 6.07) is 0. The van der Waals surface area contributed by atoms with Crippen molar-refractivity contribution < 1.29 is 23.1 Å². The van der Waals surface area contributed by atoms with Crippen LogP contribution in [-0.2, 0) is 4.79 Å². The first-order valence-corrected chi connectivity index (χ1v) is 3.79. The first-order valence-electron chi connectivity index (χ1n) is 3.79. The summed E-state index contributed by atoms with van der Waals surface area (Å²) < 4.78 is 35.7. The minimum absolute atomic E-state index is 0.155. The largest absolute Gasteiger partial charge is 0.393 e. The first kappa shape index (κ1) is 10.2. The van der Waals surface area contributed by atoms with E-state index in [4.69, 9.17) is 5.11 Å². The third-order valence-corrected chi connectivity index (χ3v) is 2.07. The Balaban J connectivity index is 2.84. The zero-order valence-corrected chi connectivity index (χ0v) is 6.98. The third-order valence-electron chi connectivity index (χ3n) is 2.07. The first-order chi connectivity index (χ1) is 5.81. The molecule has 0 fully saturated rings. The van der Waals surface area contributed by atoms with Crippen LogP contribution in [0.15, 0.2) is 11.1 Å². The molecule has 1 N–H and O–H groups in total. The van der Waals surface area contributed by atoms with Gasteiger partial charge in [0.05, 0.1) is 12.5 Å². The minimum Gasteiger partial charge on any atom is -0.388 e. The van der Waals surface area contributed by atoms with Gasteiger partial charge < -0.3 is 5.11 Å². The number of allylic oxidation sites excluding steroid dienone is 1. The van der Waals surface area contributed by atoms with E-state index in [0.29, 0.717) is 0 Å². The molecule has 0 aromatic rings. The lowest BCUT2D eigenvalue weighted by molar-refractivity contribution is -0.133. The number of ketones is 1. The molecule has 0 aliphatic heterocycles. The van der Waals surface area contributed by atoms with Crippen LogP contribution >= 0.6 is 0 Å². The van der Waals surface area contributed by atoms with Crippen molar-refractivity contribution in [2.75, 3.05) is 0 Å². The number of aliphatic hydroxyl groups is 1. The lowest BCUT2D eigenvalue weighted by atomic mass is 10.1. The second kappa shape index (κ2) is 3.14. The number of alkyl halides is 3. The fourth-order valence-corrected chi connectivity index (χ4v) is 1.31. The van der Waals surface area contributed by atoms with Crippen molar-refractivity contribution in [3.05, 3.63) is 11.1 Å². The van der Waals surface area contributed by atoms with Crippen molar-refractivity contribution in [1.29, 1.82) is 0 Å². The van der Waals surface area contributed by atoms with Gasteiger partial charge in [-0.15, -0.1) is 0 Å². The number of Topliss-reactive ketones (excluding diaryl/α,β-unsaturated/α-hetero) is 1. The lowest BCUT2D eigenvalue weighted by Gasteiger charge is -2.07. The molecule has 13 heavy (non-hydrogen) atoms. The summed E-state index contributed by atoms with van der Waals surface area (Å²) in [5.74, 6) is -0.595. The van der Waals surface area contributed by atoms with Gasteiger partial charge in [-0.3, -0.25) is 4.79 Å². The Kier molecular flexibility index (Phi) is 2.47. The molecule has 0 aromatic heterocycles. The number of halogens is 3. The molecule has 1 rings (SSSR count). The highest BCUT2D eigenvalue weighted by Gasteiger charge is 2.37. The topological polar surface area (TPSA) is 37.3 Å². The van der Waals surface area contributed by atoms with Gasteiger partial charge in [0, 0.05) is 12.0 Å². The Hall–Kier alpha value is -0.840. The van der Waals surface area contributed by atoms with Crippen LogP contribution in [0.3, 0.4) is 0 Å². The van der Waals surface area contributed by atoms with E-state index >= 15 is 0 Å². The highest BCUT2D eigenvalue weighted by Crippen LogP contribution is 2.32. The average Bonchev–Trinajstić information content (AvgIpc) is 2.14. The Labute approximate surface area is 73.1 Å². The van der Waals surface area contributed by atoms with Crippen molar-refractivity contribution in [2.24, 2.45) is 0 Å². The normalized spacial score (nSPS) is 24.4. The third kappa shape index (κ3) is 2.30. The van der Waals surface area contributed by atoms with E-state index in [1.807, 2.05) is 0 Å². The quantitative estimate of drug-likeness (QED) is 0.688. The molecule has 1 aliphatic rings. The monoisotopic (exact) mass is 194 g/mol. The number of carbonyl (C=O) groups is 1. The highest BCUT2D eigenvalue weighted by atomic mass is 19.4. The maximum Gasteiger partial charge on any atom is 0.393 e. The molecule has 0 aromatic carbocycles. The number of rotatable bonds is 1. The summed E-state index contributed by atoms with van der Waals surface area (Å²) in [4.78, 5) is 11.0. The molecule has 1 unspecified atom stereocenters. The molecular weight excluding hydrogens is 185 g/mol. The van der Waals surface area contributed by atoms with Crippen molar-refractivity contribution in [3.63, 3.8) is 0 Å². The highest BCUT2D eigenvalue weighted by molar-refractivity contribution is 5.99. The standard InChI is InChI=1S/C8H9F3O2/c1-4-5(3-8(9,10)11)7(13)2-6(4)12/h6,12H,2-3H2,1H3. The molecule has 0 bridgehead atoms. The summed E-state index contributed by atoms with van der Waals surface area (Å²) in [5.41, 5.74) is -0.123. The van der Waals surface area contributed by atoms with Crippen LogP contribution < -0.4 is 0 Å². The molecule has 1 aliphatic carbocycles. The number of aliphatic hydroxyl groups excluding tert-OH is 1. The molecule has 1 atom stereocenters. The van der Waals surface area contributed by atoms with Gasteiger partial charge in [0.25, 0.3) is 0 Å². The van der Waals surface area contributed by atoms with Gasteiger partial charge in [0.15, 0.2) is 5.78 Å². The van der Waals surface area contributed by atoms with Crippen molar-refractivity contribution in [1.82, 2.24) is 0 Å². The van der Waals surface area contributed by atoms with Crippen molar-refractivity contribution in [2.45, 2.75) is 32.0 Å². The van der Waals surface area contributed by atoms with Crippen molar-refractivity contribution in [3.8, 4) is 0 Å². The average molecular weight is 194 g/mol. The molecular formula is C8H9F3O2. The Morgan fingerprint density at radius 3 is 2.38 bits per heavy atom. The van der Waals surface area contributed by atoms with E-state index in [0.717, 1.165) is 0 Å². The maximum atomic E-state index is 11.9. The van der Waals surface area contributed by atoms with Crippen LogP contribution in [0.4, 0.5) is 13.2 Å². The smallest absolute Gasteiger partial charge is 0.388 e. The van der Waals surface area contributed by atoms with E-state index in [9.17, 15) is 18.0 Å². The van der Waals surface area contributed by atoms with Gasteiger partial charge in [-0.1, -0.05) is 0 Å². The van der Waals surface area contributed by atoms with E-state index in [1.54, 1.807) is 0 Å². The summed E-state index contributed by atoms with van der Waals surface area (Å²) >= 11 is 0. The van der Waals surface area contributed by atoms with Gasteiger partial charge in [-0.05, 0) is 12.5 Å². The molecule has 0 saturated carbocycles. The zero-order chi connectivity index (χ0) is 10.2. The fourth-order valence-electron chi connectivity index (χ4n) is 1.31. The summed E-state index contributed by atoms with van der Waals surface area (Å²) in [5, 5.41) is 9.09. The van der Waals surface area contributed by atoms with Gasteiger partial charge >= 0.3 is 6.18 Å². The molecule has 0 saturated heterocycles. The predicted octanol–water partition coefficient (Wildman–Crippen LogP) is 1.59. The SMILES string of the molecule is CC1=C(CC(F)(F)F)C(=O)CC1O. The summed E-state index contributed by atoms with van der Waals surface area (Å²) in [6.07, 6.45) is -6.84. The van der Waals surface area contributed by atoms with Crippen LogP contribution in [0, 0.1) is 0 Å². The van der Waals surface area contributed by atoms with Gasteiger partial charge in [-0.2, -0.15) is 13.2 Å². The Morgan fingerprint density at radius 1 is 1.54 bits per heavy atom. The van der Waals surface area contributed by atoms with Crippen LogP contribution in [-0.4, -0.2) is 23.2 Å². The Bertz CT molecular complexity index is 265. The fraction of sp³-hybridized carbons (Fsp3) is 0.625. The van der Waals surface area contributed by atoms with E-state index < -0.39 is 24.5 Å². The summed E-state index contributed by atoms with van der Waals surface area (Å²) in [6.45, 7) is 1.36. The van der Waals surface area contributed by atoms with E-state index in [-0.39, 0.29) is 17.6 Å². The molecule has 0 heterocycles. The van der Waals surface area contributed by atoms with Gasteiger partial charge in [0.2, 0.25) is 0 Å². The minimum atomic E-state index is -4.38. The maximum absolute atomic E-state index is 11.9. The van der Waals surface area contributed by atoms with Gasteiger partial charge in [0.1, 0.15) is 0 Å². The molecule has 0 amide bonds. The van der Waals surface area contributed by atoms with Crippen molar-refractivity contribution >= 4 is 5.78 Å².